The van der Waals surface area contributed by atoms with Crippen molar-refractivity contribution in [1.82, 2.24) is 0 Å². The average molecular weight is 591 g/mol. The zero-order chi connectivity index (χ0) is 20.1. The third-order valence-corrected chi connectivity index (χ3v) is 4.78. The highest BCUT2D eigenvalue weighted by Gasteiger charge is 2.18. The molecule has 0 aromatic heterocycles. The maximum atomic E-state index is 12.3. The van der Waals surface area contributed by atoms with E-state index in [1.165, 1.54) is 31.2 Å². The second kappa shape index (κ2) is 9.31. The standard InChI is InChI=1S/C19H14I2O6/c1-10(2)18(24)27-16-11(7-12(20)8-15(16)21)9-26-19(25)14-6-4-3-5-13(14)17(22)23/h3-8H,1,9H2,2H3,(H,22,23)/p-1. The normalized spacial score (nSPS) is 10.2. The van der Waals surface area contributed by atoms with E-state index in [1.807, 2.05) is 22.6 Å². The molecule has 0 saturated heterocycles. The van der Waals surface area contributed by atoms with Gasteiger partial charge in [0.15, 0.2) is 5.75 Å². The summed E-state index contributed by atoms with van der Waals surface area (Å²) in [4.78, 5) is 35.3. The molecular weight excluding hydrogens is 578 g/mol. The first-order chi connectivity index (χ1) is 12.7. The molecule has 0 spiro atoms. The quantitative estimate of drug-likeness (QED) is 0.222. The summed E-state index contributed by atoms with van der Waals surface area (Å²) in [5.41, 5.74) is 0.335. The Bertz CT molecular complexity index is 936. The average Bonchev–Trinajstić information content (AvgIpc) is 2.61. The molecule has 27 heavy (non-hydrogen) atoms. The molecule has 6 nitrogen and oxygen atoms in total. The molecule has 0 aliphatic heterocycles. The first-order valence-electron chi connectivity index (χ1n) is 7.53. The van der Waals surface area contributed by atoms with Crippen molar-refractivity contribution in [3.8, 4) is 5.75 Å². The van der Waals surface area contributed by atoms with Crippen LogP contribution in [0.5, 0.6) is 5.75 Å². The molecule has 140 valence electrons. The fourth-order valence-corrected chi connectivity index (χ4v) is 4.15. The molecule has 2 aromatic carbocycles. The molecule has 8 heteroatoms. The largest absolute Gasteiger partial charge is 0.545 e. The maximum Gasteiger partial charge on any atom is 0.339 e. The number of carboxylic acid groups (broad SMARTS) is 1. The second-order valence-corrected chi connectivity index (χ2v) is 7.86. The Kier molecular flexibility index (Phi) is 7.36. The van der Waals surface area contributed by atoms with Crippen molar-refractivity contribution in [1.29, 1.82) is 0 Å². The summed E-state index contributed by atoms with van der Waals surface area (Å²) in [6, 6.07) is 9.13. The lowest BCUT2D eigenvalue weighted by Crippen LogP contribution is -2.25. The zero-order valence-electron chi connectivity index (χ0n) is 14.1. The van der Waals surface area contributed by atoms with E-state index in [0.717, 1.165) is 3.57 Å². The highest BCUT2D eigenvalue weighted by atomic mass is 127. The minimum atomic E-state index is -1.47. The Morgan fingerprint density at radius 1 is 1.11 bits per heavy atom. The SMILES string of the molecule is C=C(C)C(=O)Oc1c(I)cc(I)cc1COC(=O)c1ccccc1C(=O)[O-]. The van der Waals surface area contributed by atoms with Gasteiger partial charge in [0.2, 0.25) is 0 Å². The van der Waals surface area contributed by atoms with Crippen molar-refractivity contribution in [2.45, 2.75) is 13.5 Å². The fraction of sp³-hybridized carbons (Fsp3) is 0.105. The second-order valence-electron chi connectivity index (χ2n) is 5.45. The van der Waals surface area contributed by atoms with Gasteiger partial charge < -0.3 is 19.4 Å². The van der Waals surface area contributed by atoms with Gasteiger partial charge in [-0.25, -0.2) is 9.59 Å². The van der Waals surface area contributed by atoms with Crippen LogP contribution in [0.4, 0.5) is 0 Å². The number of benzene rings is 2. The Hall–Kier alpha value is -1.95. The summed E-state index contributed by atoms with van der Waals surface area (Å²) >= 11 is 4.10. The van der Waals surface area contributed by atoms with E-state index in [2.05, 4.69) is 29.2 Å². The number of rotatable bonds is 6. The molecule has 0 saturated carbocycles. The third-order valence-electron chi connectivity index (χ3n) is 3.35. The van der Waals surface area contributed by atoms with Gasteiger partial charge in [-0.05, 0) is 70.3 Å². The van der Waals surface area contributed by atoms with Crippen LogP contribution in [-0.2, 0) is 16.1 Å². The van der Waals surface area contributed by atoms with Crippen molar-refractivity contribution in [3.05, 3.63) is 72.4 Å². The molecule has 0 radical (unpaired) electrons. The van der Waals surface area contributed by atoms with Crippen LogP contribution in [0.3, 0.4) is 0 Å². The molecule has 2 aromatic rings. The van der Waals surface area contributed by atoms with Gasteiger partial charge in [-0.2, -0.15) is 0 Å². The van der Waals surface area contributed by atoms with Gasteiger partial charge in [-0.1, -0.05) is 24.8 Å². The topological polar surface area (TPSA) is 92.7 Å². The number of carbonyl (C=O) groups is 3. The molecular formula is C19H13I2O6-. The lowest BCUT2D eigenvalue weighted by Gasteiger charge is -2.14. The molecule has 0 N–H and O–H groups in total. The van der Waals surface area contributed by atoms with E-state index >= 15 is 0 Å². The molecule has 0 fully saturated rings. The molecule has 0 amide bonds. The predicted octanol–water partition coefficient (Wildman–Crippen LogP) is 3.10. The number of hydrogen-bond donors (Lipinski definition) is 0. The summed E-state index contributed by atoms with van der Waals surface area (Å²) in [5, 5.41) is 11.1. The first-order valence-corrected chi connectivity index (χ1v) is 9.69. The summed E-state index contributed by atoms with van der Waals surface area (Å²) in [6.07, 6.45) is 0. The van der Waals surface area contributed by atoms with Crippen LogP contribution in [-0.4, -0.2) is 17.9 Å². The number of carbonyl (C=O) groups excluding carboxylic acids is 3. The summed E-state index contributed by atoms with van der Waals surface area (Å²) in [5.74, 6) is -2.61. The molecule has 0 aliphatic carbocycles. The highest BCUT2D eigenvalue weighted by Crippen LogP contribution is 2.30. The van der Waals surface area contributed by atoms with Gasteiger partial charge in [-0.15, -0.1) is 0 Å². The number of hydrogen-bond acceptors (Lipinski definition) is 6. The van der Waals surface area contributed by atoms with E-state index < -0.39 is 17.9 Å². The van der Waals surface area contributed by atoms with Gasteiger partial charge in [0.1, 0.15) is 6.61 Å². The van der Waals surface area contributed by atoms with Crippen molar-refractivity contribution >= 4 is 63.1 Å². The van der Waals surface area contributed by atoms with Crippen LogP contribution in [0.25, 0.3) is 0 Å². The number of ether oxygens (including phenoxy) is 2. The fourth-order valence-electron chi connectivity index (χ4n) is 2.08. The van der Waals surface area contributed by atoms with Gasteiger partial charge in [0.25, 0.3) is 0 Å². The van der Waals surface area contributed by atoms with E-state index in [4.69, 9.17) is 9.47 Å². The Morgan fingerprint density at radius 3 is 2.33 bits per heavy atom. The van der Waals surface area contributed by atoms with Crippen LogP contribution in [0, 0.1) is 7.14 Å². The molecule has 0 aliphatic rings. The molecule has 0 bridgehead atoms. The monoisotopic (exact) mass is 591 g/mol. The van der Waals surface area contributed by atoms with Gasteiger partial charge in [0.05, 0.1) is 15.1 Å². The smallest absolute Gasteiger partial charge is 0.339 e. The molecule has 2 rings (SSSR count). The van der Waals surface area contributed by atoms with E-state index in [-0.39, 0.29) is 29.1 Å². The van der Waals surface area contributed by atoms with Crippen molar-refractivity contribution in [3.63, 3.8) is 0 Å². The van der Waals surface area contributed by atoms with Gasteiger partial charge in [-0.3, -0.25) is 0 Å². The number of esters is 2. The lowest BCUT2D eigenvalue weighted by molar-refractivity contribution is -0.255. The Labute approximate surface area is 182 Å². The predicted molar refractivity (Wildman–Crippen MR) is 112 cm³/mol. The molecule has 0 atom stereocenters. The third kappa shape index (κ3) is 5.51. The van der Waals surface area contributed by atoms with E-state index in [1.54, 1.807) is 12.1 Å². The van der Waals surface area contributed by atoms with Crippen LogP contribution < -0.4 is 9.84 Å². The van der Waals surface area contributed by atoms with Crippen molar-refractivity contribution in [2.75, 3.05) is 0 Å². The number of aromatic carboxylic acids is 1. The van der Waals surface area contributed by atoms with Gasteiger partial charge >= 0.3 is 11.9 Å². The maximum absolute atomic E-state index is 12.3. The minimum Gasteiger partial charge on any atom is -0.545 e. The van der Waals surface area contributed by atoms with E-state index in [0.29, 0.717) is 9.13 Å². The van der Waals surface area contributed by atoms with Crippen LogP contribution in [0.15, 0.2) is 48.6 Å². The first kappa shape index (κ1) is 21.4. The van der Waals surface area contributed by atoms with Crippen molar-refractivity contribution in [2.24, 2.45) is 0 Å². The Morgan fingerprint density at radius 2 is 1.74 bits per heavy atom. The van der Waals surface area contributed by atoms with Crippen LogP contribution in [0.2, 0.25) is 0 Å². The molecule has 0 unspecified atom stereocenters. The lowest BCUT2D eigenvalue weighted by atomic mass is 10.1. The summed E-state index contributed by atoms with van der Waals surface area (Å²) in [6.45, 7) is 4.87. The van der Waals surface area contributed by atoms with E-state index in [9.17, 15) is 19.5 Å². The Balaban J connectivity index is 2.27. The molecule has 0 heterocycles. The number of carboxylic acids is 1. The summed E-state index contributed by atoms with van der Waals surface area (Å²) in [7, 11) is 0. The van der Waals surface area contributed by atoms with Crippen LogP contribution in [0.1, 0.15) is 33.2 Å². The van der Waals surface area contributed by atoms with Gasteiger partial charge in [0, 0.05) is 20.3 Å². The van der Waals surface area contributed by atoms with Crippen molar-refractivity contribution < 1.29 is 29.0 Å². The zero-order valence-corrected chi connectivity index (χ0v) is 18.4. The highest BCUT2D eigenvalue weighted by molar-refractivity contribution is 14.1. The summed E-state index contributed by atoms with van der Waals surface area (Å²) < 4.78 is 12.1. The van der Waals surface area contributed by atoms with Crippen LogP contribution >= 0.6 is 45.2 Å². The number of halogens is 2. The minimum absolute atomic E-state index is 0.113.